The van der Waals surface area contributed by atoms with E-state index in [-0.39, 0.29) is 18.0 Å². The molecule has 0 radical (unpaired) electrons. The van der Waals surface area contributed by atoms with Gasteiger partial charge in [-0.2, -0.15) is 13.2 Å². The predicted molar refractivity (Wildman–Crippen MR) is 64.2 cm³/mol. The first-order valence-electron chi connectivity index (χ1n) is 4.79. The SMILES string of the molecule is Cl.NC(c1ccc2ccccc2c1)C(F)(F)F. The molecular weight excluding hydrogens is 251 g/mol. The van der Waals surface area contributed by atoms with E-state index in [2.05, 4.69) is 0 Å². The van der Waals surface area contributed by atoms with Crippen molar-refractivity contribution in [2.45, 2.75) is 12.2 Å². The first kappa shape index (κ1) is 13.8. The van der Waals surface area contributed by atoms with Crippen molar-refractivity contribution in [3.63, 3.8) is 0 Å². The second kappa shape index (κ2) is 4.94. The molecule has 2 aromatic carbocycles. The topological polar surface area (TPSA) is 26.0 Å². The summed E-state index contributed by atoms with van der Waals surface area (Å²) in [7, 11) is 0. The summed E-state index contributed by atoms with van der Waals surface area (Å²) in [5.41, 5.74) is 5.23. The summed E-state index contributed by atoms with van der Waals surface area (Å²) < 4.78 is 37.2. The van der Waals surface area contributed by atoms with Gasteiger partial charge in [-0.05, 0) is 22.4 Å². The Hall–Kier alpha value is -1.26. The molecule has 0 aliphatic carbocycles. The van der Waals surface area contributed by atoms with Crippen LogP contribution in [0.4, 0.5) is 13.2 Å². The lowest BCUT2D eigenvalue weighted by Gasteiger charge is -2.16. The summed E-state index contributed by atoms with van der Waals surface area (Å²) >= 11 is 0. The highest BCUT2D eigenvalue weighted by molar-refractivity contribution is 5.85. The van der Waals surface area contributed by atoms with E-state index < -0.39 is 12.2 Å². The molecule has 0 spiro atoms. The van der Waals surface area contributed by atoms with Gasteiger partial charge >= 0.3 is 6.18 Å². The van der Waals surface area contributed by atoms with Crippen LogP contribution < -0.4 is 5.73 Å². The van der Waals surface area contributed by atoms with E-state index >= 15 is 0 Å². The largest absolute Gasteiger partial charge is 0.407 e. The summed E-state index contributed by atoms with van der Waals surface area (Å²) in [4.78, 5) is 0. The van der Waals surface area contributed by atoms with Gasteiger partial charge in [0, 0.05) is 0 Å². The smallest absolute Gasteiger partial charge is 0.316 e. The summed E-state index contributed by atoms with van der Waals surface area (Å²) in [6, 6.07) is 9.86. The lowest BCUT2D eigenvalue weighted by molar-refractivity contribution is -0.149. The van der Waals surface area contributed by atoms with E-state index in [1.807, 2.05) is 12.1 Å². The van der Waals surface area contributed by atoms with E-state index in [1.54, 1.807) is 18.2 Å². The maximum atomic E-state index is 12.4. The molecule has 0 fully saturated rings. The van der Waals surface area contributed by atoms with Crippen LogP contribution in [0.1, 0.15) is 11.6 Å². The average Bonchev–Trinajstić information content (AvgIpc) is 2.26. The standard InChI is InChI=1S/C12H10F3N.ClH/c13-12(14,15)11(16)10-6-5-8-3-1-2-4-9(8)7-10;/h1-7,11H,16H2;1H. The molecule has 0 amide bonds. The second-order valence-corrected chi connectivity index (χ2v) is 3.63. The number of alkyl halides is 3. The Bertz CT molecular complexity index is 510. The Morgan fingerprint density at radius 3 is 2.12 bits per heavy atom. The zero-order valence-electron chi connectivity index (χ0n) is 8.74. The quantitative estimate of drug-likeness (QED) is 0.830. The van der Waals surface area contributed by atoms with Gasteiger partial charge in [0.15, 0.2) is 0 Å². The van der Waals surface area contributed by atoms with Gasteiger partial charge < -0.3 is 5.73 Å². The van der Waals surface area contributed by atoms with Gasteiger partial charge in [-0.25, -0.2) is 0 Å². The molecule has 1 atom stereocenters. The highest BCUT2D eigenvalue weighted by Gasteiger charge is 2.37. The average molecular weight is 262 g/mol. The van der Waals surface area contributed by atoms with Crippen molar-refractivity contribution >= 4 is 23.2 Å². The number of benzene rings is 2. The number of halogens is 4. The van der Waals surface area contributed by atoms with Gasteiger partial charge in [-0.1, -0.05) is 36.4 Å². The number of fused-ring (bicyclic) bond motifs is 1. The van der Waals surface area contributed by atoms with Crippen LogP contribution in [0.5, 0.6) is 0 Å². The third-order valence-corrected chi connectivity index (χ3v) is 2.49. The van der Waals surface area contributed by atoms with E-state index in [1.165, 1.54) is 12.1 Å². The van der Waals surface area contributed by atoms with Gasteiger partial charge in [0.25, 0.3) is 0 Å². The van der Waals surface area contributed by atoms with Crippen LogP contribution in [0, 0.1) is 0 Å². The molecule has 0 bridgehead atoms. The fourth-order valence-corrected chi connectivity index (χ4v) is 1.59. The van der Waals surface area contributed by atoms with Crippen molar-refractivity contribution in [1.29, 1.82) is 0 Å². The molecule has 1 unspecified atom stereocenters. The number of rotatable bonds is 1. The van der Waals surface area contributed by atoms with Crippen molar-refractivity contribution in [3.8, 4) is 0 Å². The van der Waals surface area contributed by atoms with Crippen LogP contribution >= 0.6 is 12.4 Å². The van der Waals surface area contributed by atoms with E-state index in [4.69, 9.17) is 5.73 Å². The van der Waals surface area contributed by atoms with Gasteiger partial charge in [-0.15, -0.1) is 12.4 Å². The van der Waals surface area contributed by atoms with E-state index in [9.17, 15) is 13.2 Å². The van der Waals surface area contributed by atoms with Gasteiger partial charge in [0.1, 0.15) is 6.04 Å². The lowest BCUT2D eigenvalue weighted by atomic mass is 10.0. The molecule has 2 aromatic rings. The molecule has 0 heterocycles. The first-order valence-corrected chi connectivity index (χ1v) is 4.79. The fraction of sp³-hybridized carbons (Fsp3) is 0.167. The zero-order chi connectivity index (χ0) is 11.8. The molecule has 1 nitrogen and oxygen atoms in total. The molecule has 0 saturated carbocycles. The van der Waals surface area contributed by atoms with Crippen LogP contribution in [0.3, 0.4) is 0 Å². The molecule has 2 rings (SSSR count). The maximum Gasteiger partial charge on any atom is 0.407 e. The van der Waals surface area contributed by atoms with Crippen molar-refractivity contribution in [2.75, 3.05) is 0 Å². The minimum absolute atomic E-state index is 0. The summed E-state index contributed by atoms with van der Waals surface area (Å²) in [5, 5.41) is 1.67. The normalized spacial score (nSPS) is 13.2. The van der Waals surface area contributed by atoms with Crippen LogP contribution in [0.2, 0.25) is 0 Å². The predicted octanol–water partition coefficient (Wildman–Crippen LogP) is 3.82. The van der Waals surface area contributed by atoms with Crippen LogP contribution in [-0.4, -0.2) is 6.18 Å². The lowest BCUT2D eigenvalue weighted by Crippen LogP contribution is -2.28. The Kier molecular flexibility index (Phi) is 4.01. The Labute approximate surface area is 103 Å². The van der Waals surface area contributed by atoms with Crippen molar-refractivity contribution in [3.05, 3.63) is 48.0 Å². The summed E-state index contributed by atoms with van der Waals surface area (Å²) in [6.07, 6.45) is -4.40. The van der Waals surface area contributed by atoms with E-state index in [0.717, 1.165) is 10.8 Å². The van der Waals surface area contributed by atoms with Crippen LogP contribution in [0.25, 0.3) is 10.8 Å². The fourth-order valence-electron chi connectivity index (χ4n) is 1.59. The van der Waals surface area contributed by atoms with Crippen molar-refractivity contribution in [2.24, 2.45) is 5.73 Å². The molecule has 0 aliphatic rings. The maximum absolute atomic E-state index is 12.4. The molecule has 0 aliphatic heterocycles. The minimum atomic E-state index is -4.40. The number of hydrogen-bond acceptors (Lipinski definition) is 1. The van der Waals surface area contributed by atoms with Gasteiger partial charge in [0.05, 0.1) is 0 Å². The Balaban J connectivity index is 0.00000144. The molecule has 92 valence electrons. The minimum Gasteiger partial charge on any atom is -0.316 e. The monoisotopic (exact) mass is 261 g/mol. The van der Waals surface area contributed by atoms with E-state index in [0.29, 0.717) is 0 Å². The molecule has 17 heavy (non-hydrogen) atoms. The van der Waals surface area contributed by atoms with Gasteiger partial charge in [-0.3, -0.25) is 0 Å². The number of hydrogen-bond donors (Lipinski definition) is 1. The van der Waals surface area contributed by atoms with Gasteiger partial charge in [0.2, 0.25) is 0 Å². The third kappa shape index (κ3) is 2.90. The number of nitrogens with two attached hydrogens (primary N) is 1. The van der Waals surface area contributed by atoms with Crippen LogP contribution in [-0.2, 0) is 0 Å². The highest BCUT2D eigenvalue weighted by atomic mass is 35.5. The molecule has 5 heteroatoms. The summed E-state index contributed by atoms with van der Waals surface area (Å²) in [5.74, 6) is 0. The Morgan fingerprint density at radius 2 is 1.53 bits per heavy atom. The molecule has 0 aromatic heterocycles. The highest BCUT2D eigenvalue weighted by Crippen LogP contribution is 2.31. The first-order chi connectivity index (χ1) is 7.48. The summed E-state index contributed by atoms with van der Waals surface area (Å²) in [6.45, 7) is 0. The second-order valence-electron chi connectivity index (χ2n) is 3.63. The molecule has 2 N–H and O–H groups in total. The van der Waals surface area contributed by atoms with Crippen molar-refractivity contribution in [1.82, 2.24) is 0 Å². The Morgan fingerprint density at radius 1 is 0.941 bits per heavy atom. The molecule has 0 saturated heterocycles. The zero-order valence-corrected chi connectivity index (χ0v) is 9.55. The molecular formula is C12H11ClF3N. The van der Waals surface area contributed by atoms with Crippen LogP contribution in [0.15, 0.2) is 42.5 Å². The van der Waals surface area contributed by atoms with Crippen molar-refractivity contribution < 1.29 is 13.2 Å². The third-order valence-electron chi connectivity index (χ3n) is 2.49.